The average molecular weight is 314 g/mol. The van der Waals surface area contributed by atoms with Gasteiger partial charge >= 0.3 is 5.97 Å². The van der Waals surface area contributed by atoms with Gasteiger partial charge in [-0.05, 0) is 62.5 Å². The Bertz CT molecular complexity index is 685. The molecule has 4 rings (SSSR count). The molecule has 0 bridgehead atoms. The molecule has 3 heteroatoms. The minimum atomic E-state index is -0.245. The van der Waals surface area contributed by atoms with Gasteiger partial charge in [0.2, 0.25) is 0 Å². The van der Waals surface area contributed by atoms with Crippen LogP contribution in [0.1, 0.15) is 63.9 Å². The Morgan fingerprint density at radius 3 is 2.70 bits per heavy atom. The fourth-order valence-corrected chi connectivity index (χ4v) is 5.71. The van der Waals surface area contributed by atoms with Gasteiger partial charge in [-0.15, -0.1) is 0 Å². The van der Waals surface area contributed by atoms with Gasteiger partial charge in [0.1, 0.15) is 5.76 Å². The standard InChI is InChI=1S/C20H26O3/c1-12-9-11-22-16(12)17-20(4)14(18(21)23-17)8-10-19(3)13(2)6-5-7-15(19)20/h6,9,11,14-15,17H,5,7-8,10H2,1-4H3/t14-,15-,17-,19-,20-/m1/s1. The molecule has 5 atom stereocenters. The molecule has 124 valence electrons. The lowest BCUT2D eigenvalue weighted by atomic mass is 9.47. The monoisotopic (exact) mass is 314 g/mol. The van der Waals surface area contributed by atoms with Crippen molar-refractivity contribution in [2.75, 3.05) is 0 Å². The highest BCUT2D eigenvalue weighted by atomic mass is 16.6. The zero-order valence-electron chi connectivity index (χ0n) is 14.5. The van der Waals surface area contributed by atoms with Gasteiger partial charge in [-0.3, -0.25) is 4.79 Å². The van der Waals surface area contributed by atoms with E-state index in [1.165, 1.54) is 5.57 Å². The highest BCUT2D eigenvalue weighted by molar-refractivity contribution is 5.77. The second kappa shape index (κ2) is 4.75. The van der Waals surface area contributed by atoms with Crippen molar-refractivity contribution in [2.45, 2.75) is 59.5 Å². The van der Waals surface area contributed by atoms with Crippen LogP contribution in [0.4, 0.5) is 0 Å². The van der Waals surface area contributed by atoms with Crippen molar-refractivity contribution in [2.24, 2.45) is 22.7 Å². The Hall–Kier alpha value is -1.51. The molecule has 23 heavy (non-hydrogen) atoms. The van der Waals surface area contributed by atoms with Crippen LogP contribution in [-0.4, -0.2) is 5.97 Å². The molecule has 0 radical (unpaired) electrons. The summed E-state index contributed by atoms with van der Waals surface area (Å²) in [6.07, 6.45) is 8.10. The molecular formula is C20H26O3. The highest BCUT2D eigenvalue weighted by Crippen LogP contribution is 2.67. The molecule has 3 aliphatic rings. The van der Waals surface area contributed by atoms with Crippen LogP contribution >= 0.6 is 0 Å². The fraction of sp³-hybridized carbons (Fsp3) is 0.650. The molecule has 2 fully saturated rings. The minimum Gasteiger partial charge on any atom is -0.465 e. The van der Waals surface area contributed by atoms with E-state index in [4.69, 9.17) is 9.15 Å². The Morgan fingerprint density at radius 2 is 2.00 bits per heavy atom. The summed E-state index contributed by atoms with van der Waals surface area (Å²) in [4.78, 5) is 12.6. The normalized spacial score (nSPS) is 42.7. The molecule has 1 aromatic rings. The topological polar surface area (TPSA) is 39.4 Å². The van der Waals surface area contributed by atoms with E-state index < -0.39 is 0 Å². The van der Waals surface area contributed by atoms with E-state index in [-0.39, 0.29) is 28.8 Å². The lowest BCUT2D eigenvalue weighted by Gasteiger charge is -2.55. The predicted octanol–water partition coefficient (Wildman–Crippen LogP) is 4.96. The molecule has 1 saturated carbocycles. The molecule has 2 heterocycles. The number of ether oxygens (including phenoxy) is 1. The van der Waals surface area contributed by atoms with Crippen molar-refractivity contribution in [1.82, 2.24) is 0 Å². The Balaban J connectivity index is 1.85. The van der Waals surface area contributed by atoms with Gasteiger partial charge in [0, 0.05) is 5.41 Å². The number of fused-ring (bicyclic) bond motifs is 3. The van der Waals surface area contributed by atoms with Crippen molar-refractivity contribution < 1.29 is 13.9 Å². The third kappa shape index (κ3) is 1.79. The van der Waals surface area contributed by atoms with Crippen molar-refractivity contribution in [3.63, 3.8) is 0 Å². The lowest BCUT2D eigenvalue weighted by Crippen LogP contribution is -2.51. The first kappa shape index (κ1) is 15.0. The smallest absolute Gasteiger partial charge is 0.310 e. The molecular weight excluding hydrogens is 288 g/mol. The third-order valence-corrected chi connectivity index (χ3v) is 7.25. The van der Waals surface area contributed by atoms with Crippen LogP contribution in [0.5, 0.6) is 0 Å². The van der Waals surface area contributed by atoms with Gasteiger partial charge in [-0.1, -0.05) is 25.5 Å². The predicted molar refractivity (Wildman–Crippen MR) is 87.7 cm³/mol. The van der Waals surface area contributed by atoms with E-state index in [1.54, 1.807) is 6.26 Å². The number of carbonyl (C=O) groups is 1. The van der Waals surface area contributed by atoms with E-state index in [2.05, 4.69) is 26.8 Å². The fourth-order valence-electron chi connectivity index (χ4n) is 5.71. The molecule has 1 aliphatic heterocycles. The van der Waals surface area contributed by atoms with Crippen molar-refractivity contribution in [3.05, 3.63) is 35.3 Å². The summed E-state index contributed by atoms with van der Waals surface area (Å²) >= 11 is 0. The maximum Gasteiger partial charge on any atom is 0.310 e. The van der Waals surface area contributed by atoms with Gasteiger partial charge in [-0.2, -0.15) is 0 Å². The second-order valence-corrected chi connectivity index (χ2v) is 8.18. The molecule has 0 amide bonds. The molecule has 0 spiro atoms. The Labute approximate surface area is 138 Å². The number of furan rings is 1. The van der Waals surface area contributed by atoms with Crippen molar-refractivity contribution >= 4 is 5.97 Å². The average Bonchev–Trinajstić information content (AvgIpc) is 3.02. The number of aryl methyl sites for hydroxylation is 1. The van der Waals surface area contributed by atoms with Crippen molar-refractivity contribution in [1.29, 1.82) is 0 Å². The number of esters is 1. The van der Waals surface area contributed by atoms with Crippen LogP contribution < -0.4 is 0 Å². The minimum absolute atomic E-state index is 0.000903. The van der Waals surface area contributed by atoms with Gasteiger partial charge < -0.3 is 9.15 Å². The summed E-state index contributed by atoms with van der Waals surface area (Å²) in [6, 6.07) is 1.97. The Kier molecular flexibility index (Phi) is 3.11. The Morgan fingerprint density at radius 1 is 1.22 bits per heavy atom. The zero-order chi connectivity index (χ0) is 16.4. The number of carbonyl (C=O) groups excluding carboxylic acids is 1. The first-order chi connectivity index (χ1) is 10.9. The number of hydrogen-bond donors (Lipinski definition) is 0. The van der Waals surface area contributed by atoms with Crippen LogP contribution in [0.2, 0.25) is 0 Å². The van der Waals surface area contributed by atoms with E-state index >= 15 is 0 Å². The molecule has 1 saturated heterocycles. The quantitative estimate of drug-likeness (QED) is 0.543. The van der Waals surface area contributed by atoms with Gasteiger partial charge in [0.05, 0.1) is 12.2 Å². The van der Waals surface area contributed by atoms with Gasteiger partial charge in [0.15, 0.2) is 6.10 Å². The van der Waals surface area contributed by atoms with Crippen molar-refractivity contribution in [3.8, 4) is 0 Å². The summed E-state index contributed by atoms with van der Waals surface area (Å²) in [5.74, 6) is 1.28. The third-order valence-electron chi connectivity index (χ3n) is 7.25. The molecule has 1 aromatic heterocycles. The van der Waals surface area contributed by atoms with E-state index in [0.29, 0.717) is 5.92 Å². The molecule has 3 nitrogen and oxygen atoms in total. The molecule has 0 unspecified atom stereocenters. The number of cyclic esters (lactones) is 1. The summed E-state index contributed by atoms with van der Waals surface area (Å²) in [7, 11) is 0. The number of rotatable bonds is 1. The highest BCUT2D eigenvalue weighted by Gasteiger charge is 2.65. The maximum atomic E-state index is 12.6. The van der Waals surface area contributed by atoms with E-state index in [1.807, 2.05) is 13.0 Å². The van der Waals surface area contributed by atoms with Gasteiger partial charge in [-0.25, -0.2) is 0 Å². The maximum absolute atomic E-state index is 12.6. The van der Waals surface area contributed by atoms with E-state index in [9.17, 15) is 4.79 Å². The summed E-state index contributed by atoms with van der Waals surface area (Å²) < 4.78 is 11.7. The lowest BCUT2D eigenvalue weighted by molar-refractivity contribution is -0.145. The van der Waals surface area contributed by atoms with E-state index in [0.717, 1.165) is 37.0 Å². The SMILES string of the molecule is CC1=CCC[C@H]2[C@@]3(C)[C@H](CC[C@]12C)C(=O)O[C@@H]3c1occc1C. The number of allylic oxidation sites excluding steroid dienone is 2. The molecule has 0 N–H and O–H groups in total. The largest absolute Gasteiger partial charge is 0.465 e. The zero-order valence-corrected chi connectivity index (χ0v) is 14.5. The number of hydrogen-bond acceptors (Lipinski definition) is 3. The van der Waals surface area contributed by atoms with Crippen LogP contribution in [0.15, 0.2) is 28.4 Å². The van der Waals surface area contributed by atoms with Crippen LogP contribution in [0.3, 0.4) is 0 Å². The first-order valence-corrected chi connectivity index (χ1v) is 8.80. The van der Waals surface area contributed by atoms with Crippen LogP contribution in [0.25, 0.3) is 0 Å². The van der Waals surface area contributed by atoms with Crippen LogP contribution in [0, 0.1) is 29.6 Å². The van der Waals surface area contributed by atoms with Crippen LogP contribution in [-0.2, 0) is 9.53 Å². The molecule has 2 aliphatic carbocycles. The second-order valence-electron chi connectivity index (χ2n) is 8.18. The molecule has 0 aromatic carbocycles. The van der Waals surface area contributed by atoms with Gasteiger partial charge in [0.25, 0.3) is 0 Å². The first-order valence-electron chi connectivity index (χ1n) is 8.80. The summed E-state index contributed by atoms with van der Waals surface area (Å²) in [5, 5.41) is 0. The summed E-state index contributed by atoms with van der Waals surface area (Å²) in [5.41, 5.74) is 2.57. The summed E-state index contributed by atoms with van der Waals surface area (Å²) in [6.45, 7) is 8.97.